The van der Waals surface area contributed by atoms with E-state index in [0.29, 0.717) is 5.56 Å². The van der Waals surface area contributed by atoms with Gasteiger partial charge in [-0.2, -0.15) is 0 Å². The Kier molecular flexibility index (Phi) is 3.29. The highest BCUT2D eigenvalue weighted by Gasteiger charge is 2.14. The van der Waals surface area contributed by atoms with E-state index in [-0.39, 0.29) is 11.9 Å². The fourth-order valence-corrected chi connectivity index (χ4v) is 1.99. The molecule has 1 aromatic heterocycles. The van der Waals surface area contributed by atoms with Gasteiger partial charge in [-0.25, -0.2) is 4.39 Å². The van der Waals surface area contributed by atoms with Crippen LogP contribution in [0.2, 0.25) is 0 Å². The molecule has 0 saturated carbocycles. The lowest BCUT2D eigenvalue weighted by atomic mass is 9.99. The average molecular weight is 233 g/mol. The Morgan fingerprint density at radius 2 is 1.94 bits per heavy atom. The molecule has 1 heterocycles. The minimum Gasteiger partial charge on any atom is -0.469 e. The molecule has 0 bridgehead atoms. The van der Waals surface area contributed by atoms with Gasteiger partial charge < -0.3 is 9.73 Å². The standard InChI is InChI=1S/C14H16FNO/c1-9-6-11(4-5-13(9)15)14(16-3)12-7-10(2)17-8-12/h4-8,14,16H,1-3H3. The van der Waals surface area contributed by atoms with Crippen molar-refractivity contribution in [2.45, 2.75) is 19.9 Å². The van der Waals surface area contributed by atoms with Crippen LogP contribution in [0.15, 0.2) is 34.9 Å². The summed E-state index contributed by atoms with van der Waals surface area (Å²) < 4.78 is 18.5. The molecule has 90 valence electrons. The normalized spacial score (nSPS) is 12.7. The second-order valence-electron chi connectivity index (χ2n) is 4.22. The quantitative estimate of drug-likeness (QED) is 0.879. The third kappa shape index (κ3) is 2.39. The number of benzene rings is 1. The summed E-state index contributed by atoms with van der Waals surface area (Å²) in [5.41, 5.74) is 2.74. The summed E-state index contributed by atoms with van der Waals surface area (Å²) in [7, 11) is 1.88. The van der Waals surface area contributed by atoms with Crippen LogP contribution in [-0.4, -0.2) is 7.05 Å². The molecule has 0 aliphatic rings. The van der Waals surface area contributed by atoms with E-state index in [2.05, 4.69) is 5.32 Å². The Hall–Kier alpha value is -1.61. The summed E-state index contributed by atoms with van der Waals surface area (Å²) >= 11 is 0. The van der Waals surface area contributed by atoms with Gasteiger partial charge in [-0.1, -0.05) is 12.1 Å². The summed E-state index contributed by atoms with van der Waals surface area (Å²) in [6.07, 6.45) is 1.73. The first-order valence-corrected chi connectivity index (χ1v) is 5.60. The van der Waals surface area contributed by atoms with Gasteiger partial charge in [0.1, 0.15) is 11.6 Å². The van der Waals surface area contributed by atoms with E-state index in [1.807, 2.05) is 26.1 Å². The molecular formula is C14H16FNO. The molecule has 0 radical (unpaired) electrons. The van der Waals surface area contributed by atoms with Gasteiger partial charge in [0.2, 0.25) is 0 Å². The Labute approximate surface area is 100 Å². The summed E-state index contributed by atoms with van der Waals surface area (Å²) in [6, 6.07) is 7.18. The molecule has 2 nitrogen and oxygen atoms in total. The number of halogens is 1. The number of furan rings is 1. The maximum absolute atomic E-state index is 13.2. The van der Waals surface area contributed by atoms with Gasteiger partial charge >= 0.3 is 0 Å². The first kappa shape index (κ1) is 11.9. The summed E-state index contributed by atoms with van der Waals surface area (Å²) in [5, 5.41) is 3.21. The zero-order valence-electron chi connectivity index (χ0n) is 10.3. The number of nitrogens with one attached hydrogen (secondary N) is 1. The Bertz CT molecular complexity index is 519. The maximum atomic E-state index is 13.2. The predicted molar refractivity (Wildman–Crippen MR) is 65.5 cm³/mol. The van der Waals surface area contributed by atoms with Crippen LogP contribution in [0.5, 0.6) is 0 Å². The van der Waals surface area contributed by atoms with Gasteiger partial charge in [0.15, 0.2) is 0 Å². The largest absolute Gasteiger partial charge is 0.469 e. The van der Waals surface area contributed by atoms with Crippen LogP contribution in [0.25, 0.3) is 0 Å². The van der Waals surface area contributed by atoms with Crippen molar-refractivity contribution in [3.63, 3.8) is 0 Å². The van der Waals surface area contributed by atoms with Crippen LogP contribution in [0, 0.1) is 19.7 Å². The van der Waals surface area contributed by atoms with E-state index < -0.39 is 0 Å². The molecular weight excluding hydrogens is 217 g/mol. The Morgan fingerprint density at radius 1 is 1.18 bits per heavy atom. The van der Waals surface area contributed by atoms with Gasteiger partial charge in [0, 0.05) is 5.56 Å². The van der Waals surface area contributed by atoms with E-state index in [4.69, 9.17) is 4.42 Å². The summed E-state index contributed by atoms with van der Waals surface area (Å²) in [5.74, 6) is 0.700. The van der Waals surface area contributed by atoms with Gasteiger partial charge in [-0.15, -0.1) is 0 Å². The number of hydrogen-bond donors (Lipinski definition) is 1. The van der Waals surface area contributed by atoms with Crippen molar-refractivity contribution < 1.29 is 8.81 Å². The molecule has 3 heteroatoms. The number of hydrogen-bond acceptors (Lipinski definition) is 2. The summed E-state index contributed by atoms with van der Waals surface area (Å²) in [4.78, 5) is 0. The minimum atomic E-state index is -0.174. The molecule has 1 N–H and O–H groups in total. The van der Waals surface area contributed by atoms with Crippen molar-refractivity contribution >= 4 is 0 Å². The zero-order valence-corrected chi connectivity index (χ0v) is 10.3. The van der Waals surface area contributed by atoms with Crippen LogP contribution < -0.4 is 5.32 Å². The minimum absolute atomic E-state index is 0.0340. The molecule has 0 fully saturated rings. The lowest BCUT2D eigenvalue weighted by Crippen LogP contribution is -2.17. The molecule has 0 aliphatic heterocycles. The van der Waals surface area contributed by atoms with Crippen molar-refractivity contribution in [1.82, 2.24) is 5.32 Å². The van der Waals surface area contributed by atoms with Gasteiger partial charge in [-0.05, 0) is 44.2 Å². The smallest absolute Gasteiger partial charge is 0.126 e. The maximum Gasteiger partial charge on any atom is 0.126 e. The second kappa shape index (κ2) is 4.72. The summed E-state index contributed by atoms with van der Waals surface area (Å²) in [6.45, 7) is 3.68. The van der Waals surface area contributed by atoms with Crippen molar-refractivity contribution in [3.8, 4) is 0 Å². The third-order valence-corrected chi connectivity index (χ3v) is 2.89. The number of aryl methyl sites for hydroxylation is 2. The number of rotatable bonds is 3. The van der Waals surface area contributed by atoms with E-state index in [0.717, 1.165) is 16.9 Å². The predicted octanol–water partition coefficient (Wildman–Crippen LogP) is 3.34. The average Bonchev–Trinajstić information content (AvgIpc) is 2.71. The van der Waals surface area contributed by atoms with Crippen molar-refractivity contribution in [2.24, 2.45) is 0 Å². The van der Waals surface area contributed by atoms with Gasteiger partial charge in [0.05, 0.1) is 12.3 Å². The molecule has 0 spiro atoms. The van der Waals surface area contributed by atoms with Gasteiger partial charge in [0.25, 0.3) is 0 Å². The first-order chi connectivity index (χ1) is 8.11. The topological polar surface area (TPSA) is 25.2 Å². The Balaban J connectivity index is 2.38. The molecule has 0 aliphatic carbocycles. The van der Waals surface area contributed by atoms with E-state index in [9.17, 15) is 4.39 Å². The van der Waals surface area contributed by atoms with Crippen molar-refractivity contribution in [3.05, 3.63) is 58.8 Å². The molecule has 1 aromatic carbocycles. The molecule has 1 unspecified atom stereocenters. The van der Waals surface area contributed by atoms with Crippen LogP contribution in [0.4, 0.5) is 4.39 Å². The van der Waals surface area contributed by atoms with E-state index in [1.165, 1.54) is 6.07 Å². The second-order valence-corrected chi connectivity index (χ2v) is 4.22. The highest BCUT2D eigenvalue weighted by atomic mass is 19.1. The molecule has 17 heavy (non-hydrogen) atoms. The van der Waals surface area contributed by atoms with E-state index >= 15 is 0 Å². The zero-order chi connectivity index (χ0) is 12.4. The van der Waals surface area contributed by atoms with Crippen LogP contribution in [0.1, 0.15) is 28.5 Å². The van der Waals surface area contributed by atoms with Crippen LogP contribution in [-0.2, 0) is 0 Å². The lowest BCUT2D eigenvalue weighted by molar-refractivity contribution is 0.527. The Morgan fingerprint density at radius 3 is 2.47 bits per heavy atom. The monoisotopic (exact) mass is 233 g/mol. The van der Waals surface area contributed by atoms with Crippen molar-refractivity contribution in [1.29, 1.82) is 0 Å². The highest BCUT2D eigenvalue weighted by molar-refractivity contribution is 5.33. The fourth-order valence-electron chi connectivity index (χ4n) is 1.99. The van der Waals surface area contributed by atoms with Crippen molar-refractivity contribution in [2.75, 3.05) is 7.05 Å². The fraction of sp³-hybridized carbons (Fsp3) is 0.286. The van der Waals surface area contributed by atoms with Crippen LogP contribution in [0.3, 0.4) is 0 Å². The molecule has 1 atom stereocenters. The lowest BCUT2D eigenvalue weighted by Gasteiger charge is -2.15. The molecule has 0 saturated heterocycles. The SMILES string of the molecule is CNC(c1coc(C)c1)c1ccc(F)c(C)c1. The van der Waals surface area contributed by atoms with Gasteiger partial charge in [-0.3, -0.25) is 0 Å². The molecule has 2 aromatic rings. The van der Waals surface area contributed by atoms with Crippen LogP contribution >= 0.6 is 0 Å². The van der Waals surface area contributed by atoms with E-state index in [1.54, 1.807) is 19.3 Å². The first-order valence-electron chi connectivity index (χ1n) is 5.60. The highest BCUT2D eigenvalue weighted by Crippen LogP contribution is 2.24. The molecule has 0 amide bonds. The third-order valence-electron chi connectivity index (χ3n) is 2.89. The molecule has 2 rings (SSSR count).